The van der Waals surface area contributed by atoms with Gasteiger partial charge in [-0.25, -0.2) is 0 Å². The molecule has 0 N–H and O–H groups in total. The molecule has 0 saturated carbocycles. The molecule has 0 unspecified atom stereocenters. The number of hydrogen-bond acceptors (Lipinski definition) is 2. The van der Waals surface area contributed by atoms with Crippen molar-refractivity contribution in [3.8, 4) is 0 Å². The van der Waals surface area contributed by atoms with Crippen molar-refractivity contribution < 1.29 is 4.79 Å². The Morgan fingerprint density at radius 3 is 2.75 bits per heavy atom. The molecule has 2 heterocycles. The van der Waals surface area contributed by atoms with E-state index in [-0.39, 0.29) is 11.9 Å². The summed E-state index contributed by atoms with van der Waals surface area (Å²) >= 11 is 0. The summed E-state index contributed by atoms with van der Waals surface area (Å²) in [5.41, 5.74) is 2.95. The number of benzene rings is 1. The van der Waals surface area contributed by atoms with Crippen LogP contribution in [-0.2, 0) is 0 Å². The molecule has 0 aliphatic carbocycles. The van der Waals surface area contributed by atoms with Gasteiger partial charge >= 0.3 is 0 Å². The molecule has 0 spiro atoms. The van der Waals surface area contributed by atoms with E-state index in [1.165, 1.54) is 0 Å². The molecule has 1 fully saturated rings. The van der Waals surface area contributed by atoms with E-state index in [9.17, 15) is 4.79 Å². The molecule has 1 atom stereocenters. The number of carbonyl (C=O) groups is 1. The van der Waals surface area contributed by atoms with Crippen molar-refractivity contribution in [2.45, 2.75) is 25.8 Å². The van der Waals surface area contributed by atoms with Gasteiger partial charge in [-0.15, -0.1) is 0 Å². The molecule has 1 aromatic carbocycles. The van der Waals surface area contributed by atoms with Crippen LogP contribution in [0.5, 0.6) is 0 Å². The number of rotatable bonds is 2. The van der Waals surface area contributed by atoms with Crippen molar-refractivity contribution in [3.63, 3.8) is 0 Å². The van der Waals surface area contributed by atoms with E-state index in [4.69, 9.17) is 0 Å². The van der Waals surface area contributed by atoms with Gasteiger partial charge in [0.15, 0.2) is 0 Å². The first-order valence-corrected chi connectivity index (χ1v) is 7.05. The highest BCUT2D eigenvalue weighted by Crippen LogP contribution is 2.33. The molecule has 0 bridgehead atoms. The summed E-state index contributed by atoms with van der Waals surface area (Å²) in [5.74, 6) is 0.109. The molecule has 1 saturated heterocycles. The third kappa shape index (κ3) is 2.31. The number of hydrogen-bond donors (Lipinski definition) is 0. The van der Waals surface area contributed by atoms with Crippen LogP contribution in [0.1, 0.15) is 40.5 Å². The van der Waals surface area contributed by atoms with Crippen LogP contribution in [0, 0.1) is 6.92 Å². The lowest BCUT2D eigenvalue weighted by Gasteiger charge is -2.25. The van der Waals surface area contributed by atoms with Gasteiger partial charge in [0.2, 0.25) is 0 Å². The second kappa shape index (κ2) is 5.45. The number of aromatic nitrogens is 1. The van der Waals surface area contributed by atoms with E-state index in [0.717, 1.165) is 36.2 Å². The minimum absolute atomic E-state index is 0.109. The van der Waals surface area contributed by atoms with Gasteiger partial charge in [0.05, 0.1) is 11.7 Å². The third-order valence-corrected chi connectivity index (χ3v) is 3.90. The lowest BCUT2D eigenvalue weighted by molar-refractivity contribution is 0.0732. The summed E-state index contributed by atoms with van der Waals surface area (Å²) in [7, 11) is 0. The van der Waals surface area contributed by atoms with E-state index in [0.29, 0.717) is 0 Å². The van der Waals surface area contributed by atoms with Crippen molar-refractivity contribution in [2.75, 3.05) is 6.54 Å². The summed E-state index contributed by atoms with van der Waals surface area (Å²) in [6, 6.07) is 13.6. The fourth-order valence-electron chi connectivity index (χ4n) is 2.89. The molecule has 3 heteroatoms. The Morgan fingerprint density at radius 2 is 2.00 bits per heavy atom. The minimum atomic E-state index is 0.109. The Labute approximate surface area is 119 Å². The van der Waals surface area contributed by atoms with Gasteiger partial charge in [0.1, 0.15) is 0 Å². The predicted octanol–water partition coefficient (Wildman–Crippen LogP) is 3.37. The van der Waals surface area contributed by atoms with Crippen molar-refractivity contribution in [1.82, 2.24) is 9.88 Å². The monoisotopic (exact) mass is 266 g/mol. The van der Waals surface area contributed by atoms with Crippen LogP contribution in [0.25, 0.3) is 0 Å². The summed E-state index contributed by atoms with van der Waals surface area (Å²) in [4.78, 5) is 19.1. The first-order valence-electron chi connectivity index (χ1n) is 7.05. The Kier molecular flexibility index (Phi) is 3.50. The van der Waals surface area contributed by atoms with Crippen LogP contribution < -0.4 is 0 Å². The maximum Gasteiger partial charge on any atom is 0.254 e. The molecular formula is C17H18N2O. The van der Waals surface area contributed by atoms with Crippen molar-refractivity contribution >= 4 is 5.91 Å². The summed E-state index contributed by atoms with van der Waals surface area (Å²) in [5, 5.41) is 0. The second-order valence-corrected chi connectivity index (χ2v) is 5.23. The van der Waals surface area contributed by atoms with Gasteiger partial charge in [-0.2, -0.15) is 0 Å². The zero-order chi connectivity index (χ0) is 13.9. The minimum Gasteiger partial charge on any atom is -0.330 e. The Bertz CT molecular complexity index is 609. The fraction of sp³-hybridized carbons (Fsp3) is 0.294. The standard InChI is InChI=1S/C17H18N2O/c1-13-7-5-11-18-16(13)15-10-6-12-19(15)17(20)14-8-3-2-4-9-14/h2-5,7-9,11,15H,6,10,12H2,1H3/t15-/m1/s1. The average molecular weight is 266 g/mol. The first-order chi connectivity index (χ1) is 9.77. The Morgan fingerprint density at radius 1 is 1.20 bits per heavy atom. The fourth-order valence-corrected chi connectivity index (χ4v) is 2.89. The zero-order valence-electron chi connectivity index (χ0n) is 11.6. The highest BCUT2D eigenvalue weighted by Gasteiger charge is 2.32. The molecule has 2 aromatic rings. The second-order valence-electron chi connectivity index (χ2n) is 5.23. The smallest absolute Gasteiger partial charge is 0.254 e. The van der Waals surface area contributed by atoms with Gasteiger partial charge in [-0.3, -0.25) is 9.78 Å². The SMILES string of the molecule is Cc1cccnc1[C@H]1CCCN1C(=O)c1ccccc1. The third-order valence-electron chi connectivity index (χ3n) is 3.90. The van der Waals surface area contributed by atoms with Crippen molar-refractivity contribution in [2.24, 2.45) is 0 Å². The van der Waals surface area contributed by atoms with E-state index in [2.05, 4.69) is 18.0 Å². The predicted molar refractivity (Wildman–Crippen MR) is 78.4 cm³/mol. The number of carbonyl (C=O) groups excluding carboxylic acids is 1. The van der Waals surface area contributed by atoms with Crippen molar-refractivity contribution in [3.05, 3.63) is 65.5 Å². The molecule has 1 aliphatic rings. The first kappa shape index (κ1) is 12.9. The van der Waals surface area contributed by atoms with E-state index in [1.807, 2.05) is 47.5 Å². The maximum atomic E-state index is 12.6. The van der Waals surface area contributed by atoms with Crippen LogP contribution >= 0.6 is 0 Å². The van der Waals surface area contributed by atoms with E-state index >= 15 is 0 Å². The molecule has 1 amide bonds. The molecule has 3 nitrogen and oxygen atoms in total. The average Bonchev–Trinajstić information content (AvgIpc) is 2.97. The van der Waals surface area contributed by atoms with Gasteiger partial charge in [-0.1, -0.05) is 24.3 Å². The molecule has 20 heavy (non-hydrogen) atoms. The van der Waals surface area contributed by atoms with Gasteiger partial charge in [0.25, 0.3) is 5.91 Å². The van der Waals surface area contributed by atoms with Crippen molar-refractivity contribution in [1.29, 1.82) is 0 Å². The highest BCUT2D eigenvalue weighted by molar-refractivity contribution is 5.94. The molecule has 1 aromatic heterocycles. The Hall–Kier alpha value is -2.16. The number of amides is 1. The van der Waals surface area contributed by atoms with Gasteiger partial charge in [0, 0.05) is 18.3 Å². The van der Waals surface area contributed by atoms with Crippen LogP contribution in [-0.4, -0.2) is 22.3 Å². The zero-order valence-corrected chi connectivity index (χ0v) is 11.6. The number of nitrogens with zero attached hydrogens (tertiary/aromatic N) is 2. The van der Waals surface area contributed by atoms with E-state index in [1.54, 1.807) is 0 Å². The molecule has 102 valence electrons. The van der Waals surface area contributed by atoms with Crippen LogP contribution in [0.3, 0.4) is 0 Å². The summed E-state index contributed by atoms with van der Waals surface area (Å²) < 4.78 is 0. The lowest BCUT2D eigenvalue weighted by Crippen LogP contribution is -2.31. The number of pyridine rings is 1. The van der Waals surface area contributed by atoms with Crippen LogP contribution in [0.2, 0.25) is 0 Å². The highest BCUT2D eigenvalue weighted by atomic mass is 16.2. The summed E-state index contributed by atoms with van der Waals surface area (Å²) in [6.07, 6.45) is 3.85. The number of likely N-dealkylation sites (tertiary alicyclic amines) is 1. The van der Waals surface area contributed by atoms with Gasteiger partial charge < -0.3 is 4.90 Å². The molecular weight excluding hydrogens is 248 g/mol. The van der Waals surface area contributed by atoms with Gasteiger partial charge in [-0.05, 0) is 43.5 Å². The normalized spacial score (nSPS) is 18.2. The maximum absolute atomic E-state index is 12.6. The Balaban J connectivity index is 1.90. The molecule has 3 rings (SSSR count). The largest absolute Gasteiger partial charge is 0.330 e. The quantitative estimate of drug-likeness (QED) is 0.835. The lowest BCUT2D eigenvalue weighted by atomic mass is 10.1. The summed E-state index contributed by atoms with van der Waals surface area (Å²) in [6.45, 7) is 2.88. The number of aryl methyl sites for hydroxylation is 1. The topological polar surface area (TPSA) is 33.2 Å². The van der Waals surface area contributed by atoms with Crippen LogP contribution in [0.15, 0.2) is 48.7 Å². The van der Waals surface area contributed by atoms with E-state index < -0.39 is 0 Å². The molecule has 0 radical (unpaired) electrons. The van der Waals surface area contributed by atoms with Crippen LogP contribution in [0.4, 0.5) is 0 Å². The molecule has 1 aliphatic heterocycles.